The van der Waals surface area contributed by atoms with E-state index in [1.54, 1.807) is 24.1 Å². The van der Waals surface area contributed by atoms with E-state index in [9.17, 15) is 14.7 Å². The molecule has 8 heteroatoms. The number of aliphatic carboxylic acids is 1. The molecule has 110 valence electrons. The number of nitrogens with zero attached hydrogens (tertiary/aromatic N) is 2. The van der Waals surface area contributed by atoms with Crippen LogP contribution in [0.15, 0.2) is 12.1 Å². The average molecular weight is 319 g/mol. The molecule has 2 rings (SSSR count). The van der Waals surface area contributed by atoms with Gasteiger partial charge in [0, 0.05) is 13.1 Å². The number of carbonyl (C=O) groups is 2. The Balaban J connectivity index is 2.03. The van der Waals surface area contributed by atoms with Crippen molar-refractivity contribution in [2.24, 2.45) is 0 Å². The van der Waals surface area contributed by atoms with E-state index < -0.39 is 12.1 Å². The summed E-state index contributed by atoms with van der Waals surface area (Å²) >= 11 is 6.99. The molecule has 2 heterocycles. The van der Waals surface area contributed by atoms with Crippen molar-refractivity contribution in [1.82, 2.24) is 9.80 Å². The van der Waals surface area contributed by atoms with Gasteiger partial charge in [-0.2, -0.15) is 0 Å². The van der Waals surface area contributed by atoms with E-state index in [4.69, 9.17) is 16.7 Å². The highest BCUT2D eigenvalue weighted by Crippen LogP contribution is 2.25. The standard InChI is InChI=1S/C12H15ClN2O4S/c1-14(6-11(17)18)7-4-15(5-8(7)16)12(19)9-2-3-10(13)20-9/h2-3,7-8,16H,4-6H2,1H3,(H,17,18)/t7-,8+/m0/s1. The Morgan fingerprint density at radius 2 is 2.20 bits per heavy atom. The number of carboxylic acids is 1. The molecule has 2 N–H and O–H groups in total. The smallest absolute Gasteiger partial charge is 0.317 e. The van der Waals surface area contributed by atoms with E-state index in [0.29, 0.717) is 15.8 Å². The molecular weight excluding hydrogens is 304 g/mol. The Hall–Kier alpha value is -1.15. The van der Waals surface area contributed by atoms with Gasteiger partial charge in [0.2, 0.25) is 0 Å². The minimum Gasteiger partial charge on any atom is -0.480 e. The summed E-state index contributed by atoms with van der Waals surface area (Å²) < 4.78 is 0.535. The molecule has 0 spiro atoms. The van der Waals surface area contributed by atoms with Crippen LogP contribution in [0.25, 0.3) is 0 Å². The number of thiophene rings is 1. The number of carbonyl (C=O) groups excluding carboxylic acids is 1. The predicted octanol–water partition coefficient (Wildman–Crippen LogP) is 0.603. The molecule has 1 saturated heterocycles. The summed E-state index contributed by atoms with van der Waals surface area (Å²) in [4.78, 5) is 26.5. The van der Waals surface area contributed by atoms with Gasteiger partial charge in [0.1, 0.15) is 0 Å². The minimum atomic E-state index is -0.963. The normalized spacial score (nSPS) is 22.5. The van der Waals surface area contributed by atoms with Crippen molar-refractivity contribution in [3.63, 3.8) is 0 Å². The number of hydrogen-bond acceptors (Lipinski definition) is 5. The van der Waals surface area contributed by atoms with Crippen LogP contribution in [-0.4, -0.2) is 70.7 Å². The second kappa shape index (κ2) is 6.09. The van der Waals surface area contributed by atoms with Gasteiger partial charge >= 0.3 is 5.97 Å². The molecule has 0 aromatic carbocycles. The van der Waals surface area contributed by atoms with Gasteiger partial charge in [0.15, 0.2) is 0 Å². The van der Waals surface area contributed by atoms with Crippen molar-refractivity contribution in [2.45, 2.75) is 12.1 Å². The van der Waals surface area contributed by atoms with Crippen molar-refractivity contribution in [3.05, 3.63) is 21.3 Å². The number of likely N-dealkylation sites (tertiary alicyclic amines) is 1. The summed E-state index contributed by atoms with van der Waals surface area (Å²) in [5, 5.41) is 18.8. The minimum absolute atomic E-state index is 0.172. The molecule has 1 aliphatic rings. The van der Waals surface area contributed by atoms with Gasteiger partial charge in [-0.25, -0.2) is 0 Å². The van der Waals surface area contributed by atoms with E-state index >= 15 is 0 Å². The molecule has 1 aromatic heterocycles. The van der Waals surface area contributed by atoms with Crippen molar-refractivity contribution in [2.75, 3.05) is 26.7 Å². The lowest BCUT2D eigenvalue weighted by Crippen LogP contribution is -2.43. The van der Waals surface area contributed by atoms with Crippen LogP contribution in [0.1, 0.15) is 9.67 Å². The predicted molar refractivity (Wildman–Crippen MR) is 75.3 cm³/mol. The molecule has 6 nitrogen and oxygen atoms in total. The zero-order chi connectivity index (χ0) is 14.9. The zero-order valence-electron chi connectivity index (χ0n) is 10.8. The van der Waals surface area contributed by atoms with Crippen LogP contribution >= 0.6 is 22.9 Å². The van der Waals surface area contributed by atoms with Gasteiger partial charge in [-0.15, -0.1) is 11.3 Å². The van der Waals surface area contributed by atoms with Crippen LogP contribution < -0.4 is 0 Å². The highest BCUT2D eigenvalue weighted by Gasteiger charge is 2.37. The van der Waals surface area contributed by atoms with E-state index in [0.717, 1.165) is 0 Å². The third-order valence-electron chi connectivity index (χ3n) is 3.28. The SMILES string of the molecule is CN(CC(=O)O)[C@H]1CN(C(=O)c2ccc(Cl)s2)C[C@H]1O. The molecule has 0 unspecified atom stereocenters. The Morgan fingerprint density at radius 1 is 1.50 bits per heavy atom. The topological polar surface area (TPSA) is 81.1 Å². The Bertz CT molecular complexity index is 521. The van der Waals surface area contributed by atoms with Crippen LogP contribution in [0.5, 0.6) is 0 Å². The van der Waals surface area contributed by atoms with Crippen LogP contribution in [0, 0.1) is 0 Å². The highest BCUT2D eigenvalue weighted by molar-refractivity contribution is 7.17. The lowest BCUT2D eigenvalue weighted by atomic mass is 10.2. The van der Waals surface area contributed by atoms with E-state index in [-0.39, 0.29) is 25.0 Å². The molecule has 0 radical (unpaired) electrons. The fraction of sp³-hybridized carbons (Fsp3) is 0.500. The maximum atomic E-state index is 12.2. The highest BCUT2D eigenvalue weighted by atomic mass is 35.5. The number of aliphatic hydroxyl groups is 1. The molecule has 1 aromatic rings. The van der Waals surface area contributed by atoms with Gasteiger partial charge < -0.3 is 15.1 Å². The number of rotatable bonds is 4. The third-order valence-corrected chi connectivity index (χ3v) is 4.50. The first-order valence-corrected chi connectivity index (χ1v) is 7.22. The Labute approximate surface area is 125 Å². The molecule has 0 aliphatic carbocycles. The van der Waals surface area contributed by atoms with Gasteiger partial charge in [-0.3, -0.25) is 14.5 Å². The zero-order valence-corrected chi connectivity index (χ0v) is 12.4. The summed E-state index contributed by atoms with van der Waals surface area (Å²) in [6.07, 6.45) is -0.751. The first kappa shape index (κ1) is 15.2. The van der Waals surface area contributed by atoms with E-state index in [1.165, 1.54) is 16.2 Å². The summed E-state index contributed by atoms with van der Waals surface area (Å²) in [6, 6.07) is 2.93. The van der Waals surface area contributed by atoms with Crippen molar-refractivity contribution in [3.8, 4) is 0 Å². The van der Waals surface area contributed by atoms with Gasteiger partial charge in [-0.1, -0.05) is 11.6 Å². The average Bonchev–Trinajstić information content (AvgIpc) is 2.94. The molecule has 0 bridgehead atoms. The molecule has 1 fully saturated rings. The maximum absolute atomic E-state index is 12.2. The number of carboxylic acid groups (broad SMARTS) is 1. The van der Waals surface area contributed by atoms with Crippen LogP contribution in [-0.2, 0) is 4.79 Å². The molecule has 2 atom stereocenters. The summed E-state index contributed by atoms with van der Waals surface area (Å²) in [7, 11) is 1.62. The van der Waals surface area contributed by atoms with Crippen LogP contribution in [0.4, 0.5) is 0 Å². The number of hydrogen-bond donors (Lipinski definition) is 2. The Kier molecular flexibility index (Phi) is 4.64. The molecule has 1 amide bonds. The number of amides is 1. The number of likely N-dealkylation sites (N-methyl/N-ethyl adjacent to an activating group) is 1. The lowest BCUT2D eigenvalue weighted by Gasteiger charge is -2.24. The summed E-state index contributed by atoms with van der Waals surface area (Å²) in [5.41, 5.74) is 0. The number of β-amino-alcohol motifs (C(OH)–C–C–N with tert-alkyl or cyclic N) is 1. The van der Waals surface area contributed by atoms with E-state index in [1.807, 2.05) is 0 Å². The maximum Gasteiger partial charge on any atom is 0.317 e. The summed E-state index contributed by atoms with van der Waals surface area (Å²) in [5.74, 6) is -1.15. The van der Waals surface area contributed by atoms with Gasteiger partial charge in [0.25, 0.3) is 5.91 Å². The quantitative estimate of drug-likeness (QED) is 0.850. The van der Waals surface area contributed by atoms with Crippen molar-refractivity contribution in [1.29, 1.82) is 0 Å². The lowest BCUT2D eigenvalue weighted by molar-refractivity contribution is -0.138. The molecule has 0 saturated carbocycles. The van der Waals surface area contributed by atoms with Crippen LogP contribution in [0.3, 0.4) is 0 Å². The molecular formula is C12H15ClN2O4S. The largest absolute Gasteiger partial charge is 0.480 e. The van der Waals surface area contributed by atoms with Gasteiger partial charge in [0.05, 0.1) is 27.9 Å². The summed E-state index contributed by atoms with van der Waals surface area (Å²) in [6.45, 7) is 0.330. The molecule has 1 aliphatic heterocycles. The van der Waals surface area contributed by atoms with E-state index in [2.05, 4.69) is 0 Å². The van der Waals surface area contributed by atoms with Crippen molar-refractivity contribution >= 4 is 34.8 Å². The first-order chi connectivity index (χ1) is 9.38. The second-order valence-electron chi connectivity index (χ2n) is 4.76. The second-order valence-corrected chi connectivity index (χ2v) is 6.47. The number of halogens is 1. The van der Waals surface area contributed by atoms with Crippen LogP contribution in [0.2, 0.25) is 4.34 Å². The monoisotopic (exact) mass is 318 g/mol. The first-order valence-electron chi connectivity index (χ1n) is 6.03. The van der Waals surface area contributed by atoms with Crippen molar-refractivity contribution < 1.29 is 19.8 Å². The van der Waals surface area contributed by atoms with Gasteiger partial charge in [-0.05, 0) is 19.2 Å². The fourth-order valence-electron chi connectivity index (χ4n) is 2.28. The third kappa shape index (κ3) is 3.29. The number of aliphatic hydroxyl groups excluding tert-OH is 1. The Morgan fingerprint density at radius 3 is 2.75 bits per heavy atom. The molecule has 20 heavy (non-hydrogen) atoms. The fourth-order valence-corrected chi connectivity index (χ4v) is 3.30.